The molecule has 2 aromatic rings. The summed E-state index contributed by atoms with van der Waals surface area (Å²) in [7, 11) is 0. The second-order valence-corrected chi connectivity index (χ2v) is 5.28. The van der Waals surface area contributed by atoms with E-state index in [1.165, 1.54) is 18.2 Å². The van der Waals surface area contributed by atoms with Crippen molar-refractivity contribution < 1.29 is 9.72 Å². The number of halogens is 2. The number of hydrogen-bond acceptors (Lipinski definition) is 3. The molecule has 2 aromatic carbocycles. The number of nitrogens with one attached hydrogen (secondary N) is 2. The van der Waals surface area contributed by atoms with Gasteiger partial charge in [-0.05, 0) is 36.8 Å². The third-order valence-corrected chi connectivity index (χ3v) is 3.56. The van der Waals surface area contributed by atoms with Gasteiger partial charge >= 0.3 is 6.03 Å². The van der Waals surface area contributed by atoms with Crippen LogP contribution in [0, 0.1) is 17.0 Å². The van der Waals surface area contributed by atoms with Crippen molar-refractivity contribution in [3.8, 4) is 0 Å². The van der Waals surface area contributed by atoms with Crippen LogP contribution in [0.1, 0.15) is 5.56 Å². The van der Waals surface area contributed by atoms with Crippen molar-refractivity contribution in [3.05, 3.63) is 62.1 Å². The molecule has 0 saturated heterocycles. The molecular formula is C14H11Cl2N3O3. The number of rotatable bonds is 3. The van der Waals surface area contributed by atoms with Gasteiger partial charge in [0.15, 0.2) is 0 Å². The van der Waals surface area contributed by atoms with Crippen LogP contribution in [-0.4, -0.2) is 11.0 Å². The summed E-state index contributed by atoms with van der Waals surface area (Å²) in [6, 6.07) is 8.53. The number of nitro benzene ring substituents is 1. The molecule has 22 heavy (non-hydrogen) atoms. The van der Waals surface area contributed by atoms with E-state index in [-0.39, 0.29) is 16.4 Å². The second kappa shape index (κ2) is 6.64. The Morgan fingerprint density at radius 2 is 1.64 bits per heavy atom. The largest absolute Gasteiger partial charge is 0.323 e. The molecule has 0 atom stereocenters. The molecule has 0 aliphatic carbocycles. The average Bonchev–Trinajstić information content (AvgIpc) is 2.44. The lowest BCUT2D eigenvalue weighted by molar-refractivity contribution is -0.384. The molecule has 2 amide bonds. The highest BCUT2D eigenvalue weighted by Gasteiger charge is 2.14. The van der Waals surface area contributed by atoms with Gasteiger partial charge in [0, 0.05) is 22.5 Å². The van der Waals surface area contributed by atoms with Gasteiger partial charge in [-0.15, -0.1) is 0 Å². The van der Waals surface area contributed by atoms with Gasteiger partial charge in [-0.2, -0.15) is 0 Å². The average molecular weight is 340 g/mol. The van der Waals surface area contributed by atoms with E-state index < -0.39 is 11.0 Å². The second-order valence-electron chi connectivity index (χ2n) is 4.47. The topological polar surface area (TPSA) is 84.3 Å². The van der Waals surface area contributed by atoms with E-state index in [1.54, 1.807) is 18.2 Å². The highest BCUT2D eigenvalue weighted by atomic mass is 35.5. The van der Waals surface area contributed by atoms with Crippen molar-refractivity contribution in [2.24, 2.45) is 0 Å². The molecule has 8 heteroatoms. The zero-order chi connectivity index (χ0) is 16.3. The number of aryl methyl sites for hydroxylation is 1. The monoisotopic (exact) mass is 339 g/mol. The maximum Gasteiger partial charge on any atom is 0.323 e. The fraction of sp³-hybridized carbons (Fsp3) is 0.0714. The van der Waals surface area contributed by atoms with Crippen LogP contribution in [0.2, 0.25) is 10.0 Å². The number of carbonyl (C=O) groups is 1. The Balaban J connectivity index is 2.10. The van der Waals surface area contributed by atoms with Gasteiger partial charge in [-0.3, -0.25) is 10.1 Å². The molecule has 0 radical (unpaired) electrons. The minimum Gasteiger partial charge on any atom is -0.308 e. The Hall–Kier alpha value is -2.31. The number of amides is 2. The molecule has 0 heterocycles. The van der Waals surface area contributed by atoms with Crippen LogP contribution >= 0.6 is 23.2 Å². The van der Waals surface area contributed by atoms with E-state index in [0.717, 1.165) is 5.56 Å². The first kappa shape index (κ1) is 16.1. The van der Waals surface area contributed by atoms with E-state index >= 15 is 0 Å². The van der Waals surface area contributed by atoms with Gasteiger partial charge < -0.3 is 10.6 Å². The fourth-order valence-corrected chi connectivity index (χ4v) is 2.06. The Morgan fingerprint density at radius 3 is 2.23 bits per heavy atom. The lowest BCUT2D eigenvalue weighted by Gasteiger charge is -2.09. The molecule has 6 nitrogen and oxygen atoms in total. The van der Waals surface area contributed by atoms with Crippen molar-refractivity contribution in [1.82, 2.24) is 0 Å². The summed E-state index contributed by atoms with van der Waals surface area (Å²) in [4.78, 5) is 22.1. The summed E-state index contributed by atoms with van der Waals surface area (Å²) < 4.78 is 0. The number of nitrogens with zero attached hydrogens (tertiary/aromatic N) is 1. The Bertz CT molecular complexity index is 750. The molecule has 2 N–H and O–H groups in total. The van der Waals surface area contributed by atoms with Crippen LogP contribution < -0.4 is 10.6 Å². The molecule has 0 unspecified atom stereocenters. The third-order valence-electron chi connectivity index (χ3n) is 2.83. The lowest BCUT2D eigenvalue weighted by atomic mass is 10.2. The molecule has 0 spiro atoms. The van der Waals surface area contributed by atoms with Crippen LogP contribution in [-0.2, 0) is 0 Å². The number of urea groups is 1. The summed E-state index contributed by atoms with van der Waals surface area (Å²) in [5.74, 6) is 0. The Labute approximate surface area is 136 Å². The molecule has 0 fully saturated rings. The summed E-state index contributed by atoms with van der Waals surface area (Å²) in [5, 5.41) is 16.4. The number of carbonyl (C=O) groups excluding carboxylic acids is 1. The van der Waals surface area contributed by atoms with E-state index in [1.807, 2.05) is 6.92 Å². The van der Waals surface area contributed by atoms with Gasteiger partial charge in [-0.25, -0.2) is 4.79 Å². The summed E-state index contributed by atoms with van der Waals surface area (Å²) in [6.07, 6.45) is 0. The van der Waals surface area contributed by atoms with E-state index in [4.69, 9.17) is 23.2 Å². The first-order chi connectivity index (χ1) is 10.4. The van der Waals surface area contributed by atoms with Gasteiger partial charge in [0.1, 0.15) is 5.02 Å². The van der Waals surface area contributed by atoms with Crippen LogP contribution in [0.5, 0.6) is 0 Å². The quantitative estimate of drug-likeness (QED) is 0.618. The molecule has 0 aliphatic heterocycles. The predicted octanol–water partition coefficient (Wildman–Crippen LogP) is 4.85. The molecule has 2 rings (SSSR count). The third kappa shape index (κ3) is 3.87. The standard InChI is InChI=1S/C14H11Cl2N3O3/c1-8-2-3-9(6-12(8)16)17-14(20)18-10-4-5-11(15)13(7-10)19(21)22/h2-7H,1H3,(H2,17,18,20). The van der Waals surface area contributed by atoms with Crippen molar-refractivity contribution in [1.29, 1.82) is 0 Å². The smallest absolute Gasteiger partial charge is 0.308 e. The number of nitro groups is 1. The maximum absolute atomic E-state index is 11.9. The van der Waals surface area contributed by atoms with Gasteiger partial charge in [0.05, 0.1) is 4.92 Å². The van der Waals surface area contributed by atoms with Crippen LogP contribution in [0.15, 0.2) is 36.4 Å². The summed E-state index contributed by atoms with van der Waals surface area (Å²) in [5.41, 5.74) is 1.38. The van der Waals surface area contributed by atoms with Gasteiger partial charge in [0.2, 0.25) is 0 Å². The molecule has 0 aromatic heterocycles. The fourth-order valence-electron chi connectivity index (χ4n) is 1.69. The lowest BCUT2D eigenvalue weighted by Crippen LogP contribution is -2.19. The van der Waals surface area contributed by atoms with Gasteiger partial charge in [0.25, 0.3) is 5.69 Å². The zero-order valence-corrected chi connectivity index (χ0v) is 12.9. The summed E-state index contributed by atoms with van der Waals surface area (Å²) in [6.45, 7) is 1.85. The molecule has 114 valence electrons. The molecule has 0 aliphatic rings. The first-order valence-corrected chi connectivity index (χ1v) is 6.90. The van der Waals surface area contributed by atoms with Gasteiger partial charge in [-0.1, -0.05) is 29.3 Å². The van der Waals surface area contributed by atoms with Crippen LogP contribution in [0.25, 0.3) is 0 Å². The normalized spacial score (nSPS) is 10.1. The number of hydrogen-bond donors (Lipinski definition) is 2. The molecule has 0 bridgehead atoms. The Morgan fingerprint density at radius 1 is 1.05 bits per heavy atom. The van der Waals surface area contributed by atoms with E-state index in [9.17, 15) is 14.9 Å². The molecule has 0 saturated carbocycles. The Kier molecular flexibility index (Phi) is 4.85. The number of benzene rings is 2. The zero-order valence-electron chi connectivity index (χ0n) is 11.4. The highest BCUT2D eigenvalue weighted by molar-refractivity contribution is 6.32. The highest BCUT2D eigenvalue weighted by Crippen LogP contribution is 2.27. The maximum atomic E-state index is 11.9. The first-order valence-electron chi connectivity index (χ1n) is 6.15. The van der Waals surface area contributed by atoms with E-state index in [0.29, 0.717) is 10.7 Å². The SMILES string of the molecule is Cc1ccc(NC(=O)Nc2ccc(Cl)c([N+](=O)[O-])c2)cc1Cl. The van der Waals surface area contributed by atoms with E-state index in [2.05, 4.69) is 10.6 Å². The van der Waals surface area contributed by atoms with Crippen molar-refractivity contribution in [2.75, 3.05) is 10.6 Å². The van der Waals surface area contributed by atoms with Crippen LogP contribution in [0.4, 0.5) is 21.9 Å². The van der Waals surface area contributed by atoms with Crippen molar-refractivity contribution in [2.45, 2.75) is 6.92 Å². The predicted molar refractivity (Wildman–Crippen MR) is 86.9 cm³/mol. The minimum absolute atomic E-state index is 0.00118. The summed E-state index contributed by atoms with van der Waals surface area (Å²) >= 11 is 11.7. The van der Waals surface area contributed by atoms with Crippen LogP contribution in [0.3, 0.4) is 0 Å². The minimum atomic E-state index is -0.620. The van der Waals surface area contributed by atoms with Crippen molar-refractivity contribution >= 4 is 46.3 Å². The number of anilines is 2. The molecular weight excluding hydrogens is 329 g/mol. The van der Waals surface area contributed by atoms with Crippen molar-refractivity contribution in [3.63, 3.8) is 0 Å².